The first-order valence-electron chi connectivity index (χ1n) is 7.11. The Morgan fingerprint density at radius 1 is 1.09 bits per heavy atom. The molecule has 0 amide bonds. The Morgan fingerprint density at radius 3 is 2.48 bits per heavy atom. The van der Waals surface area contributed by atoms with E-state index in [-0.39, 0.29) is 6.61 Å². The summed E-state index contributed by atoms with van der Waals surface area (Å²) in [5, 5.41) is 0.297. The summed E-state index contributed by atoms with van der Waals surface area (Å²) in [6.45, 7) is 4.19. The quantitative estimate of drug-likeness (QED) is 0.763. The highest BCUT2D eigenvalue weighted by atomic mass is 35.5. The lowest BCUT2D eigenvalue weighted by atomic mass is 10.1. The lowest BCUT2D eigenvalue weighted by molar-refractivity contribution is 0.0471. The van der Waals surface area contributed by atoms with Crippen LogP contribution in [-0.4, -0.2) is 20.2 Å². The number of esters is 1. The average molecular weight is 335 g/mol. The number of halogens is 1. The molecule has 0 aliphatic carbocycles. The number of carbonyl (C=O) groups excluding carboxylic acids is 1. The standard InChI is InChI=1S/C18H19ClO4/c1-11-5-6-12(2)14(7-11)10-23-18(20)13-8-15(19)17(22-4)16(9-13)21-3/h5-9H,10H2,1-4H3. The zero-order chi connectivity index (χ0) is 17.0. The van der Waals surface area contributed by atoms with E-state index >= 15 is 0 Å². The number of rotatable bonds is 5. The maximum Gasteiger partial charge on any atom is 0.338 e. The van der Waals surface area contributed by atoms with Gasteiger partial charge in [-0.05, 0) is 37.1 Å². The Kier molecular flexibility index (Phi) is 5.50. The molecule has 0 unspecified atom stereocenters. The summed E-state index contributed by atoms with van der Waals surface area (Å²) in [7, 11) is 2.97. The second-order valence-electron chi connectivity index (χ2n) is 5.20. The van der Waals surface area contributed by atoms with Crippen molar-refractivity contribution in [3.63, 3.8) is 0 Å². The molecule has 0 atom stereocenters. The lowest BCUT2D eigenvalue weighted by Crippen LogP contribution is -2.07. The minimum Gasteiger partial charge on any atom is -0.493 e. The van der Waals surface area contributed by atoms with Crippen molar-refractivity contribution < 1.29 is 19.0 Å². The van der Waals surface area contributed by atoms with Crippen molar-refractivity contribution in [2.75, 3.05) is 14.2 Å². The highest BCUT2D eigenvalue weighted by Gasteiger charge is 2.16. The van der Waals surface area contributed by atoms with Gasteiger partial charge < -0.3 is 14.2 Å². The first-order chi connectivity index (χ1) is 11.0. The molecule has 23 heavy (non-hydrogen) atoms. The first-order valence-corrected chi connectivity index (χ1v) is 7.48. The molecule has 2 rings (SSSR count). The summed E-state index contributed by atoms with van der Waals surface area (Å²) in [6, 6.07) is 9.09. The summed E-state index contributed by atoms with van der Waals surface area (Å²) >= 11 is 6.11. The monoisotopic (exact) mass is 334 g/mol. The third-order valence-electron chi connectivity index (χ3n) is 3.53. The number of hydrogen-bond donors (Lipinski definition) is 0. The van der Waals surface area contributed by atoms with Crippen molar-refractivity contribution in [1.82, 2.24) is 0 Å². The topological polar surface area (TPSA) is 44.8 Å². The molecule has 0 N–H and O–H groups in total. The Labute approximate surface area is 140 Å². The molecular weight excluding hydrogens is 316 g/mol. The number of ether oxygens (including phenoxy) is 3. The van der Waals surface area contributed by atoms with Crippen molar-refractivity contribution in [2.45, 2.75) is 20.5 Å². The van der Waals surface area contributed by atoms with Gasteiger partial charge >= 0.3 is 5.97 Å². The van der Waals surface area contributed by atoms with Crippen molar-refractivity contribution in [3.8, 4) is 11.5 Å². The predicted molar refractivity (Wildman–Crippen MR) is 89.6 cm³/mol. The van der Waals surface area contributed by atoms with Gasteiger partial charge in [0.25, 0.3) is 0 Å². The van der Waals surface area contributed by atoms with Crippen LogP contribution >= 0.6 is 11.6 Å². The summed E-state index contributed by atoms with van der Waals surface area (Å²) < 4.78 is 15.7. The highest BCUT2D eigenvalue weighted by molar-refractivity contribution is 6.32. The molecule has 4 nitrogen and oxygen atoms in total. The van der Waals surface area contributed by atoms with Gasteiger partial charge in [-0.15, -0.1) is 0 Å². The fourth-order valence-electron chi connectivity index (χ4n) is 2.22. The average Bonchev–Trinajstić information content (AvgIpc) is 2.54. The Hall–Kier alpha value is -2.20. The Bertz CT molecular complexity index is 725. The van der Waals surface area contributed by atoms with Gasteiger partial charge in [0.05, 0.1) is 24.8 Å². The van der Waals surface area contributed by atoms with E-state index in [1.54, 1.807) is 6.07 Å². The van der Waals surface area contributed by atoms with Crippen LogP contribution in [0, 0.1) is 13.8 Å². The van der Waals surface area contributed by atoms with Crippen LogP contribution in [0.4, 0.5) is 0 Å². The molecule has 0 aromatic heterocycles. The fourth-order valence-corrected chi connectivity index (χ4v) is 2.51. The van der Waals surface area contributed by atoms with Crippen LogP contribution in [0.15, 0.2) is 30.3 Å². The summed E-state index contributed by atoms with van der Waals surface area (Å²) in [6.07, 6.45) is 0. The van der Waals surface area contributed by atoms with Crippen LogP contribution in [0.25, 0.3) is 0 Å². The van der Waals surface area contributed by atoms with E-state index in [1.807, 2.05) is 32.0 Å². The molecule has 5 heteroatoms. The smallest absolute Gasteiger partial charge is 0.338 e. The van der Waals surface area contributed by atoms with Gasteiger partial charge in [-0.1, -0.05) is 35.4 Å². The Morgan fingerprint density at radius 2 is 1.83 bits per heavy atom. The fraction of sp³-hybridized carbons (Fsp3) is 0.278. The Balaban J connectivity index is 2.18. The first kappa shape index (κ1) is 17.2. The van der Waals surface area contributed by atoms with Crippen LogP contribution < -0.4 is 9.47 Å². The van der Waals surface area contributed by atoms with Crippen LogP contribution in [0.1, 0.15) is 27.0 Å². The van der Waals surface area contributed by atoms with E-state index in [2.05, 4.69) is 0 Å². The zero-order valence-electron chi connectivity index (χ0n) is 13.6. The normalized spacial score (nSPS) is 10.3. The summed E-state index contributed by atoms with van der Waals surface area (Å²) in [4.78, 5) is 12.3. The number of aryl methyl sites for hydroxylation is 2. The van der Waals surface area contributed by atoms with Crippen LogP contribution in [0.3, 0.4) is 0 Å². The minimum absolute atomic E-state index is 0.207. The molecule has 0 aliphatic rings. The van der Waals surface area contributed by atoms with Crippen molar-refractivity contribution in [1.29, 1.82) is 0 Å². The number of carbonyl (C=O) groups is 1. The van der Waals surface area contributed by atoms with E-state index in [4.69, 9.17) is 25.8 Å². The molecule has 0 bridgehead atoms. The van der Waals surface area contributed by atoms with Gasteiger partial charge in [-0.3, -0.25) is 0 Å². The van der Waals surface area contributed by atoms with Gasteiger partial charge in [0, 0.05) is 0 Å². The third-order valence-corrected chi connectivity index (χ3v) is 3.81. The molecular formula is C18H19ClO4. The molecule has 2 aromatic rings. The molecule has 0 saturated heterocycles. The van der Waals surface area contributed by atoms with Crippen molar-refractivity contribution >= 4 is 17.6 Å². The number of methoxy groups -OCH3 is 2. The van der Waals surface area contributed by atoms with Crippen LogP contribution in [0.5, 0.6) is 11.5 Å². The molecule has 0 heterocycles. The van der Waals surface area contributed by atoms with Gasteiger partial charge in [-0.2, -0.15) is 0 Å². The summed E-state index contributed by atoms with van der Waals surface area (Å²) in [5.41, 5.74) is 3.49. The van der Waals surface area contributed by atoms with Gasteiger partial charge in [0.2, 0.25) is 0 Å². The molecule has 2 aromatic carbocycles. The molecule has 0 saturated carbocycles. The van der Waals surface area contributed by atoms with E-state index in [0.717, 1.165) is 16.7 Å². The van der Waals surface area contributed by atoms with E-state index in [0.29, 0.717) is 22.1 Å². The van der Waals surface area contributed by atoms with Gasteiger partial charge in [-0.25, -0.2) is 4.79 Å². The highest BCUT2D eigenvalue weighted by Crippen LogP contribution is 2.36. The molecule has 0 spiro atoms. The van der Waals surface area contributed by atoms with Gasteiger partial charge in [0.15, 0.2) is 11.5 Å². The second kappa shape index (κ2) is 7.38. The summed E-state index contributed by atoms with van der Waals surface area (Å²) in [5.74, 6) is 0.313. The number of hydrogen-bond acceptors (Lipinski definition) is 4. The van der Waals surface area contributed by atoms with Crippen LogP contribution in [0.2, 0.25) is 5.02 Å². The van der Waals surface area contributed by atoms with Crippen molar-refractivity contribution in [2.24, 2.45) is 0 Å². The lowest BCUT2D eigenvalue weighted by Gasteiger charge is -2.12. The minimum atomic E-state index is -0.464. The van der Waals surface area contributed by atoms with E-state index < -0.39 is 5.97 Å². The molecule has 0 aliphatic heterocycles. The zero-order valence-corrected chi connectivity index (χ0v) is 14.4. The van der Waals surface area contributed by atoms with Crippen LogP contribution in [-0.2, 0) is 11.3 Å². The molecule has 0 radical (unpaired) electrons. The maximum absolute atomic E-state index is 12.3. The number of benzene rings is 2. The van der Waals surface area contributed by atoms with E-state index in [9.17, 15) is 4.79 Å². The molecule has 0 fully saturated rings. The third kappa shape index (κ3) is 3.96. The van der Waals surface area contributed by atoms with Crippen molar-refractivity contribution in [3.05, 3.63) is 57.6 Å². The maximum atomic E-state index is 12.3. The predicted octanol–water partition coefficient (Wildman–Crippen LogP) is 4.33. The second-order valence-corrected chi connectivity index (χ2v) is 5.61. The SMILES string of the molecule is COc1cc(C(=O)OCc2cc(C)ccc2C)cc(Cl)c1OC. The largest absolute Gasteiger partial charge is 0.493 e. The molecule has 122 valence electrons. The van der Waals surface area contributed by atoms with Gasteiger partial charge in [0.1, 0.15) is 6.61 Å². The van der Waals surface area contributed by atoms with E-state index in [1.165, 1.54) is 20.3 Å².